The molecule has 4 bridgehead atoms. The fourth-order valence-corrected chi connectivity index (χ4v) is 4.79. The lowest BCUT2D eigenvalue weighted by Gasteiger charge is -2.68. The molecule has 1 aromatic rings. The van der Waals surface area contributed by atoms with Gasteiger partial charge < -0.3 is 5.11 Å². The third-order valence-electron chi connectivity index (χ3n) is 5.27. The topological polar surface area (TPSA) is 39.6 Å². The average Bonchev–Trinajstić information content (AvgIpc) is 2.36. The molecule has 4 heteroatoms. The Morgan fingerprint density at radius 2 is 1.53 bits per heavy atom. The second-order valence-corrected chi connectivity index (χ2v) is 7.17. The summed E-state index contributed by atoms with van der Waals surface area (Å²) < 4.78 is 0. The minimum atomic E-state index is -0.175. The maximum absolute atomic E-state index is 10.6. The van der Waals surface area contributed by atoms with E-state index in [2.05, 4.69) is 40.8 Å². The molecule has 0 aromatic carbocycles. The van der Waals surface area contributed by atoms with Crippen molar-refractivity contribution in [2.24, 2.45) is 10.8 Å². The largest absolute Gasteiger partial charge is 0.392 e. The molecule has 4 saturated heterocycles. The predicted molar refractivity (Wildman–Crippen MR) is 72.3 cm³/mol. The summed E-state index contributed by atoms with van der Waals surface area (Å²) in [5.41, 5.74) is 1.37. The molecular weight excluding hydrogens is 238 g/mol. The standard InChI is InChI=1S/C15H21N3O/c1-14-7-17-9-15(2,13(14)19)10-18(8-14)12(17)11-3-5-16-6-4-11/h3-6,12-13,19H,7-10H2,1-2H3. The second-order valence-electron chi connectivity index (χ2n) is 7.17. The Hall–Kier alpha value is -0.970. The quantitative estimate of drug-likeness (QED) is 0.820. The molecule has 4 aliphatic rings. The first-order valence-corrected chi connectivity index (χ1v) is 7.08. The molecular formula is C15H21N3O. The van der Waals surface area contributed by atoms with Crippen LogP contribution in [0.1, 0.15) is 25.6 Å². The van der Waals surface area contributed by atoms with Crippen molar-refractivity contribution in [3.8, 4) is 0 Å². The molecule has 0 atom stereocenters. The summed E-state index contributed by atoms with van der Waals surface area (Å²) in [6, 6.07) is 4.24. The van der Waals surface area contributed by atoms with Crippen molar-refractivity contribution in [1.82, 2.24) is 14.8 Å². The van der Waals surface area contributed by atoms with Crippen LogP contribution in [0.25, 0.3) is 0 Å². The van der Waals surface area contributed by atoms with E-state index >= 15 is 0 Å². The lowest BCUT2D eigenvalue weighted by molar-refractivity contribution is -0.253. The number of aliphatic hydroxyl groups is 1. The SMILES string of the molecule is CC12CN3CC(C)(CN(C1)C3c1ccncc1)C2O. The maximum Gasteiger partial charge on any atom is 0.0888 e. The first-order valence-electron chi connectivity index (χ1n) is 7.08. The maximum atomic E-state index is 10.6. The highest BCUT2D eigenvalue weighted by Gasteiger charge is 2.61. The van der Waals surface area contributed by atoms with Gasteiger partial charge in [0.05, 0.1) is 12.3 Å². The molecule has 1 aromatic heterocycles. The summed E-state index contributed by atoms with van der Waals surface area (Å²) in [4.78, 5) is 9.19. The predicted octanol–water partition coefficient (Wildman–Crippen LogP) is 1.10. The van der Waals surface area contributed by atoms with Gasteiger partial charge in [0, 0.05) is 49.4 Å². The summed E-state index contributed by atoms with van der Waals surface area (Å²) in [6.45, 7) is 8.44. The van der Waals surface area contributed by atoms with E-state index in [0.717, 1.165) is 26.2 Å². The summed E-state index contributed by atoms with van der Waals surface area (Å²) in [6.07, 6.45) is 3.95. The van der Waals surface area contributed by atoms with Crippen LogP contribution in [0, 0.1) is 10.8 Å². The van der Waals surface area contributed by atoms with Crippen LogP contribution in [-0.4, -0.2) is 52.2 Å². The van der Waals surface area contributed by atoms with E-state index in [0.29, 0.717) is 6.17 Å². The Morgan fingerprint density at radius 1 is 1.05 bits per heavy atom. The number of piperidine rings is 2. The zero-order valence-electron chi connectivity index (χ0n) is 11.6. The van der Waals surface area contributed by atoms with E-state index < -0.39 is 0 Å². The number of hydrogen-bond acceptors (Lipinski definition) is 4. The van der Waals surface area contributed by atoms with E-state index in [1.165, 1.54) is 5.56 Å². The van der Waals surface area contributed by atoms with Crippen LogP contribution in [0.5, 0.6) is 0 Å². The Labute approximate surface area is 114 Å². The van der Waals surface area contributed by atoms with Crippen molar-refractivity contribution >= 4 is 0 Å². The van der Waals surface area contributed by atoms with Gasteiger partial charge in [0.2, 0.25) is 0 Å². The van der Waals surface area contributed by atoms with Crippen LogP contribution >= 0.6 is 0 Å². The minimum Gasteiger partial charge on any atom is -0.392 e. The van der Waals surface area contributed by atoms with Crippen LogP contribution in [0.2, 0.25) is 0 Å². The van der Waals surface area contributed by atoms with Gasteiger partial charge in [0.15, 0.2) is 0 Å². The Kier molecular flexibility index (Phi) is 2.22. The van der Waals surface area contributed by atoms with Gasteiger partial charge in [-0.25, -0.2) is 0 Å². The Bertz CT molecular complexity index is 465. The molecule has 0 amide bonds. The fourth-order valence-electron chi connectivity index (χ4n) is 4.79. The monoisotopic (exact) mass is 259 g/mol. The van der Waals surface area contributed by atoms with E-state index in [9.17, 15) is 5.11 Å². The first kappa shape index (κ1) is 11.8. The summed E-state index contributed by atoms with van der Waals surface area (Å²) in [5.74, 6) is 0. The van der Waals surface area contributed by atoms with Gasteiger partial charge in [-0.3, -0.25) is 14.8 Å². The van der Waals surface area contributed by atoms with E-state index in [1.54, 1.807) is 0 Å². The van der Waals surface area contributed by atoms with Gasteiger partial charge in [-0.05, 0) is 17.7 Å². The highest BCUT2D eigenvalue weighted by molar-refractivity contribution is 5.22. The number of hydrogen-bond donors (Lipinski definition) is 1. The van der Waals surface area contributed by atoms with Crippen LogP contribution in [0.15, 0.2) is 24.5 Å². The fraction of sp³-hybridized carbons (Fsp3) is 0.667. The number of rotatable bonds is 1. The summed E-state index contributed by atoms with van der Waals surface area (Å²) in [7, 11) is 0. The van der Waals surface area contributed by atoms with Crippen LogP contribution < -0.4 is 0 Å². The number of aromatic nitrogens is 1. The molecule has 102 valence electrons. The van der Waals surface area contributed by atoms with Crippen molar-refractivity contribution in [3.63, 3.8) is 0 Å². The smallest absolute Gasteiger partial charge is 0.0888 e. The van der Waals surface area contributed by atoms with E-state index in [4.69, 9.17) is 0 Å². The third-order valence-corrected chi connectivity index (χ3v) is 5.27. The van der Waals surface area contributed by atoms with Crippen molar-refractivity contribution in [1.29, 1.82) is 0 Å². The second kappa shape index (κ2) is 3.57. The van der Waals surface area contributed by atoms with Gasteiger partial charge in [0.25, 0.3) is 0 Å². The Morgan fingerprint density at radius 3 is 2.00 bits per heavy atom. The summed E-state index contributed by atoms with van der Waals surface area (Å²) in [5, 5.41) is 10.6. The molecule has 4 nitrogen and oxygen atoms in total. The molecule has 4 aliphatic heterocycles. The van der Waals surface area contributed by atoms with Gasteiger partial charge >= 0.3 is 0 Å². The Balaban J connectivity index is 1.74. The molecule has 19 heavy (non-hydrogen) atoms. The van der Waals surface area contributed by atoms with E-state index in [-0.39, 0.29) is 16.9 Å². The van der Waals surface area contributed by atoms with Gasteiger partial charge in [-0.2, -0.15) is 0 Å². The van der Waals surface area contributed by atoms with Crippen LogP contribution in [0.4, 0.5) is 0 Å². The zero-order chi connectivity index (χ0) is 13.3. The molecule has 0 saturated carbocycles. The van der Waals surface area contributed by atoms with Crippen LogP contribution in [0.3, 0.4) is 0 Å². The molecule has 4 fully saturated rings. The molecule has 0 spiro atoms. The molecule has 5 rings (SSSR count). The van der Waals surface area contributed by atoms with Crippen LogP contribution in [-0.2, 0) is 0 Å². The van der Waals surface area contributed by atoms with Gasteiger partial charge in [0.1, 0.15) is 0 Å². The number of nitrogens with zero attached hydrogens (tertiary/aromatic N) is 3. The minimum absolute atomic E-state index is 0.0226. The van der Waals surface area contributed by atoms with Gasteiger partial charge in [-0.1, -0.05) is 13.8 Å². The number of aliphatic hydroxyl groups excluding tert-OH is 1. The number of pyridine rings is 1. The van der Waals surface area contributed by atoms with Crippen molar-refractivity contribution in [2.75, 3.05) is 26.2 Å². The molecule has 0 unspecified atom stereocenters. The molecule has 1 N–H and O–H groups in total. The third kappa shape index (κ3) is 1.48. The summed E-state index contributed by atoms with van der Waals surface area (Å²) >= 11 is 0. The molecule has 0 aliphatic carbocycles. The van der Waals surface area contributed by atoms with Crippen molar-refractivity contribution in [3.05, 3.63) is 30.1 Å². The highest BCUT2D eigenvalue weighted by atomic mass is 16.3. The zero-order valence-corrected chi connectivity index (χ0v) is 11.6. The van der Waals surface area contributed by atoms with E-state index in [1.807, 2.05) is 12.4 Å². The van der Waals surface area contributed by atoms with Gasteiger partial charge in [-0.15, -0.1) is 0 Å². The highest BCUT2D eigenvalue weighted by Crippen LogP contribution is 2.54. The lowest BCUT2D eigenvalue weighted by Crippen LogP contribution is -2.76. The average molecular weight is 259 g/mol. The lowest BCUT2D eigenvalue weighted by atomic mass is 9.60. The normalized spacial score (nSPS) is 51.5. The van der Waals surface area contributed by atoms with Crippen molar-refractivity contribution in [2.45, 2.75) is 26.1 Å². The molecule has 5 heterocycles. The first-order chi connectivity index (χ1) is 9.02. The van der Waals surface area contributed by atoms with Crippen molar-refractivity contribution < 1.29 is 5.11 Å². The molecule has 0 radical (unpaired) electrons.